The number of fused-ring (bicyclic) bond motifs is 1. The van der Waals surface area contributed by atoms with Gasteiger partial charge in [-0.3, -0.25) is 4.90 Å². The summed E-state index contributed by atoms with van der Waals surface area (Å²) in [7, 11) is -2.87. The molecule has 0 bridgehead atoms. The van der Waals surface area contributed by atoms with Crippen LogP contribution in [-0.4, -0.2) is 48.3 Å². The van der Waals surface area contributed by atoms with Gasteiger partial charge in [0.1, 0.15) is 10.6 Å². The zero-order valence-corrected chi connectivity index (χ0v) is 15.6. The molecule has 2 aromatic carbocycles. The summed E-state index contributed by atoms with van der Waals surface area (Å²) in [4.78, 5) is 18.6. The van der Waals surface area contributed by atoms with Crippen molar-refractivity contribution < 1.29 is 27.6 Å². The standard InChI is InChI=1S/C17H18N4O6S/c1-21(17(23)24)16-19-13-4-3-11(9-14(13)20-16)27-28(25,26)15-5-2-10(6-7-22)8-12(15)18/h2-5,8-9,22H,6-7,18H2,1H3,(H,19,20)(H,23,24). The maximum atomic E-state index is 12.6. The van der Waals surface area contributed by atoms with Gasteiger partial charge in [0.15, 0.2) is 0 Å². The van der Waals surface area contributed by atoms with Gasteiger partial charge in [0.2, 0.25) is 5.95 Å². The average Bonchev–Trinajstić information content (AvgIpc) is 3.03. The molecule has 1 amide bonds. The third kappa shape index (κ3) is 3.85. The van der Waals surface area contributed by atoms with Gasteiger partial charge < -0.3 is 25.1 Å². The fourth-order valence-corrected chi connectivity index (χ4v) is 3.59. The van der Waals surface area contributed by atoms with Gasteiger partial charge in [-0.2, -0.15) is 8.42 Å². The van der Waals surface area contributed by atoms with Gasteiger partial charge in [0.05, 0.1) is 16.7 Å². The molecule has 0 aliphatic rings. The Morgan fingerprint density at radius 2 is 2.04 bits per heavy atom. The number of H-pyrrole nitrogens is 1. The van der Waals surface area contributed by atoms with Crippen molar-refractivity contribution >= 4 is 38.9 Å². The van der Waals surface area contributed by atoms with Gasteiger partial charge in [-0.05, 0) is 36.2 Å². The molecule has 0 aliphatic heterocycles. The van der Waals surface area contributed by atoms with Crippen LogP contribution in [0.3, 0.4) is 0 Å². The maximum absolute atomic E-state index is 12.6. The van der Waals surface area contributed by atoms with Gasteiger partial charge in [0, 0.05) is 19.7 Å². The molecule has 0 radical (unpaired) electrons. The number of aromatic nitrogens is 2. The minimum absolute atomic E-state index is 0.0129. The number of anilines is 2. The van der Waals surface area contributed by atoms with E-state index in [-0.39, 0.29) is 28.9 Å². The Kier molecular flexibility index (Phi) is 5.12. The number of carboxylic acid groups (broad SMARTS) is 1. The van der Waals surface area contributed by atoms with Gasteiger partial charge in [0.25, 0.3) is 0 Å². The lowest BCUT2D eigenvalue weighted by Crippen LogP contribution is -2.24. The summed E-state index contributed by atoms with van der Waals surface area (Å²) in [5.74, 6) is 0.103. The van der Waals surface area contributed by atoms with Crippen molar-refractivity contribution in [1.29, 1.82) is 0 Å². The Labute approximate surface area is 160 Å². The van der Waals surface area contributed by atoms with Crippen molar-refractivity contribution in [2.24, 2.45) is 0 Å². The first-order valence-corrected chi connectivity index (χ1v) is 9.52. The van der Waals surface area contributed by atoms with Crippen LogP contribution in [0.4, 0.5) is 16.4 Å². The molecule has 0 fully saturated rings. The molecule has 0 aliphatic carbocycles. The number of hydrogen-bond acceptors (Lipinski definition) is 7. The third-order valence-corrected chi connectivity index (χ3v) is 5.32. The summed E-state index contributed by atoms with van der Waals surface area (Å²) in [6.07, 6.45) is -0.840. The fourth-order valence-electron chi connectivity index (χ4n) is 2.56. The summed E-state index contributed by atoms with van der Waals surface area (Å²) in [6.45, 7) is -0.0781. The van der Waals surface area contributed by atoms with Crippen LogP contribution in [0.15, 0.2) is 41.3 Å². The smallest absolute Gasteiger partial charge is 0.413 e. The second-order valence-corrected chi connectivity index (χ2v) is 7.48. The van der Waals surface area contributed by atoms with E-state index >= 15 is 0 Å². The molecule has 1 heterocycles. The first-order chi connectivity index (χ1) is 13.2. The lowest BCUT2D eigenvalue weighted by molar-refractivity contribution is 0.203. The molecule has 10 nitrogen and oxygen atoms in total. The summed E-state index contributed by atoms with van der Waals surface area (Å²) >= 11 is 0. The van der Waals surface area contributed by atoms with E-state index in [1.807, 2.05) is 0 Å². The molecule has 5 N–H and O–H groups in total. The zero-order valence-electron chi connectivity index (χ0n) is 14.8. The van der Waals surface area contributed by atoms with E-state index in [0.29, 0.717) is 23.0 Å². The molecule has 1 aromatic heterocycles. The van der Waals surface area contributed by atoms with Crippen LogP contribution in [0.2, 0.25) is 0 Å². The monoisotopic (exact) mass is 406 g/mol. The molecule has 0 unspecified atom stereocenters. The number of aliphatic hydroxyl groups excluding tert-OH is 1. The fraction of sp³-hybridized carbons (Fsp3) is 0.176. The van der Waals surface area contributed by atoms with E-state index < -0.39 is 16.2 Å². The van der Waals surface area contributed by atoms with E-state index in [0.717, 1.165) is 4.90 Å². The lowest BCUT2D eigenvalue weighted by Gasteiger charge is -2.10. The van der Waals surface area contributed by atoms with Crippen LogP contribution in [0.25, 0.3) is 11.0 Å². The second kappa shape index (κ2) is 7.37. The van der Waals surface area contributed by atoms with Crippen molar-refractivity contribution in [3.8, 4) is 5.75 Å². The number of carbonyl (C=O) groups is 1. The number of amides is 1. The normalized spacial score (nSPS) is 11.5. The van der Waals surface area contributed by atoms with Crippen LogP contribution >= 0.6 is 0 Å². The van der Waals surface area contributed by atoms with Crippen molar-refractivity contribution in [3.63, 3.8) is 0 Å². The number of nitrogen functional groups attached to an aromatic ring is 1. The number of nitrogens with one attached hydrogen (secondary N) is 1. The topological polar surface area (TPSA) is 159 Å². The SMILES string of the molecule is CN(C(=O)O)c1nc2ccc(OS(=O)(=O)c3ccc(CCO)cc3N)cc2[nH]1. The largest absolute Gasteiger partial charge is 0.465 e. The molecule has 0 atom stereocenters. The third-order valence-electron chi connectivity index (χ3n) is 4.00. The summed E-state index contributed by atoms with van der Waals surface area (Å²) in [6, 6.07) is 8.65. The summed E-state index contributed by atoms with van der Waals surface area (Å²) in [5.41, 5.74) is 7.39. The Balaban J connectivity index is 1.89. The average molecular weight is 406 g/mol. The van der Waals surface area contributed by atoms with Crippen molar-refractivity contribution in [2.45, 2.75) is 11.3 Å². The summed E-state index contributed by atoms with van der Waals surface area (Å²) in [5, 5.41) is 18.0. The predicted octanol–water partition coefficient (Wildman–Crippen LogP) is 1.56. The number of nitrogens with two attached hydrogens (primary N) is 1. The number of aliphatic hydroxyl groups is 1. The molecule has 3 aromatic rings. The quantitative estimate of drug-likeness (QED) is 0.354. The Bertz CT molecular complexity index is 1140. The first kappa shape index (κ1) is 19.5. The van der Waals surface area contributed by atoms with Crippen LogP contribution in [-0.2, 0) is 16.5 Å². The van der Waals surface area contributed by atoms with Crippen molar-refractivity contribution in [1.82, 2.24) is 9.97 Å². The van der Waals surface area contributed by atoms with Crippen LogP contribution in [0, 0.1) is 0 Å². The summed E-state index contributed by atoms with van der Waals surface area (Å²) < 4.78 is 30.3. The van der Waals surface area contributed by atoms with Gasteiger partial charge in [-0.25, -0.2) is 9.78 Å². The van der Waals surface area contributed by atoms with Gasteiger partial charge in [-0.1, -0.05) is 6.07 Å². The van der Waals surface area contributed by atoms with E-state index in [4.69, 9.17) is 20.1 Å². The van der Waals surface area contributed by atoms with E-state index in [1.54, 1.807) is 6.07 Å². The highest BCUT2D eigenvalue weighted by Crippen LogP contribution is 2.27. The van der Waals surface area contributed by atoms with Crippen LogP contribution in [0.5, 0.6) is 5.75 Å². The highest BCUT2D eigenvalue weighted by atomic mass is 32.2. The number of nitrogens with zero attached hydrogens (tertiary/aromatic N) is 2. The molecule has 28 heavy (non-hydrogen) atoms. The minimum atomic E-state index is -4.19. The lowest BCUT2D eigenvalue weighted by atomic mass is 10.1. The second-order valence-electron chi connectivity index (χ2n) is 5.96. The molecule has 3 rings (SSSR count). The first-order valence-electron chi connectivity index (χ1n) is 8.11. The van der Waals surface area contributed by atoms with Gasteiger partial charge >= 0.3 is 16.2 Å². The highest BCUT2D eigenvalue weighted by Gasteiger charge is 2.21. The molecular weight excluding hydrogens is 388 g/mol. The number of benzene rings is 2. The number of imidazole rings is 1. The molecule has 11 heteroatoms. The number of rotatable bonds is 6. The van der Waals surface area contributed by atoms with Crippen molar-refractivity contribution in [3.05, 3.63) is 42.0 Å². The molecule has 148 valence electrons. The highest BCUT2D eigenvalue weighted by molar-refractivity contribution is 7.87. The molecular formula is C17H18N4O6S. The minimum Gasteiger partial charge on any atom is -0.465 e. The van der Waals surface area contributed by atoms with Crippen LogP contribution < -0.4 is 14.8 Å². The Morgan fingerprint density at radius 3 is 2.68 bits per heavy atom. The Morgan fingerprint density at radius 1 is 1.29 bits per heavy atom. The zero-order chi connectivity index (χ0) is 20.5. The van der Waals surface area contributed by atoms with E-state index in [1.165, 1.54) is 37.4 Å². The predicted molar refractivity (Wildman–Crippen MR) is 102 cm³/mol. The van der Waals surface area contributed by atoms with Crippen LogP contribution in [0.1, 0.15) is 5.56 Å². The van der Waals surface area contributed by atoms with E-state index in [9.17, 15) is 13.2 Å². The van der Waals surface area contributed by atoms with Gasteiger partial charge in [-0.15, -0.1) is 0 Å². The molecule has 0 saturated heterocycles. The Hall–Kier alpha value is -3.31. The number of hydrogen-bond donors (Lipinski definition) is 4. The van der Waals surface area contributed by atoms with Crippen molar-refractivity contribution in [2.75, 3.05) is 24.3 Å². The van der Waals surface area contributed by atoms with E-state index in [2.05, 4.69) is 9.97 Å². The maximum Gasteiger partial charge on any atom is 0.413 e. The molecule has 0 saturated carbocycles. The number of aromatic amines is 1. The molecule has 0 spiro atoms.